The molecule has 11 heteroatoms. The maximum atomic E-state index is 12.7. The van der Waals surface area contributed by atoms with Gasteiger partial charge in [-0.25, -0.2) is 13.1 Å². The summed E-state index contributed by atoms with van der Waals surface area (Å²) in [4.78, 5) is 23.4. The second kappa shape index (κ2) is 9.29. The third kappa shape index (κ3) is 5.02. The minimum absolute atomic E-state index is 0.00959. The molecule has 1 aliphatic heterocycles. The first-order chi connectivity index (χ1) is 16.3. The van der Waals surface area contributed by atoms with E-state index in [2.05, 4.69) is 10.4 Å². The van der Waals surface area contributed by atoms with Gasteiger partial charge in [0.1, 0.15) is 17.3 Å². The Labute approximate surface area is 195 Å². The smallest absolute Gasteiger partial charge is 0.270 e. The van der Waals surface area contributed by atoms with Crippen LogP contribution in [0.2, 0.25) is 0 Å². The van der Waals surface area contributed by atoms with E-state index in [1.165, 1.54) is 24.3 Å². The normalized spacial score (nSPS) is 17.1. The third-order valence-corrected chi connectivity index (χ3v) is 7.09. The van der Waals surface area contributed by atoms with Crippen LogP contribution < -0.4 is 5.32 Å². The van der Waals surface area contributed by atoms with Crippen LogP contribution in [-0.4, -0.2) is 46.6 Å². The maximum absolute atomic E-state index is 12.7. The monoisotopic (exact) mass is 477 g/mol. The number of non-ortho nitro benzene ring substituents is 1. The summed E-state index contributed by atoms with van der Waals surface area (Å²) in [6, 6.07) is 16.3. The summed E-state index contributed by atoms with van der Waals surface area (Å²) in [5, 5.41) is 28.0. The molecule has 0 aliphatic carbocycles. The fourth-order valence-corrected chi connectivity index (χ4v) is 5.35. The van der Waals surface area contributed by atoms with Gasteiger partial charge in [-0.1, -0.05) is 30.3 Å². The van der Waals surface area contributed by atoms with Gasteiger partial charge in [-0.15, -0.1) is 0 Å². The summed E-state index contributed by atoms with van der Waals surface area (Å²) >= 11 is 0. The van der Waals surface area contributed by atoms with E-state index in [0.717, 1.165) is 0 Å². The van der Waals surface area contributed by atoms with Crippen molar-refractivity contribution < 1.29 is 18.1 Å². The molecule has 2 aromatic carbocycles. The Kier molecular flexibility index (Phi) is 6.25. The van der Waals surface area contributed by atoms with Crippen molar-refractivity contribution >= 4 is 27.5 Å². The first-order valence-corrected chi connectivity index (χ1v) is 12.1. The highest BCUT2D eigenvalue weighted by atomic mass is 32.2. The first-order valence-electron chi connectivity index (χ1n) is 10.3. The van der Waals surface area contributed by atoms with E-state index >= 15 is 0 Å². The van der Waals surface area contributed by atoms with Crippen molar-refractivity contribution in [3.8, 4) is 23.0 Å². The standard InChI is InChI=1S/C23H19N5O5S/c24-13-17(23(29)25-19-9-10-34(32,33)15-19)11-18-14-27(20-6-2-1-3-7-20)26-22(18)16-5-4-8-21(12-16)28(30)31/h1-8,11-12,14,19H,9-10,15H2,(H,25,29)/b17-11+/t19-/m1/s1. The molecule has 1 amide bonds. The van der Waals surface area contributed by atoms with E-state index in [-0.39, 0.29) is 29.2 Å². The first kappa shape index (κ1) is 22.9. The van der Waals surface area contributed by atoms with Crippen molar-refractivity contribution in [1.29, 1.82) is 5.26 Å². The van der Waals surface area contributed by atoms with Gasteiger partial charge in [0.25, 0.3) is 11.6 Å². The molecule has 1 saturated heterocycles. The molecule has 3 aromatic rings. The molecule has 1 aliphatic rings. The Morgan fingerprint density at radius 1 is 1.24 bits per heavy atom. The van der Waals surface area contributed by atoms with Crippen molar-refractivity contribution in [3.05, 3.63) is 82.0 Å². The second-order valence-electron chi connectivity index (χ2n) is 7.76. The fourth-order valence-electron chi connectivity index (χ4n) is 3.67. The van der Waals surface area contributed by atoms with Crippen LogP contribution in [0.1, 0.15) is 12.0 Å². The molecule has 1 fully saturated rings. The lowest BCUT2D eigenvalue weighted by molar-refractivity contribution is -0.384. The van der Waals surface area contributed by atoms with Gasteiger partial charge in [-0.2, -0.15) is 10.4 Å². The number of sulfone groups is 1. The number of nitrogens with one attached hydrogen (secondary N) is 1. The van der Waals surface area contributed by atoms with Crippen molar-refractivity contribution in [1.82, 2.24) is 15.1 Å². The zero-order valence-corrected chi connectivity index (χ0v) is 18.6. The summed E-state index contributed by atoms with van der Waals surface area (Å²) in [6.45, 7) is 0. The molecule has 0 saturated carbocycles. The zero-order valence-electron chi connectivity index (χ0n) is 17.8. The van der Waals surface area contributed by atoms with E-state index in [9.17, 15) is 28.6 Å². The van der Waals surface area contributed by atoms with Crippen LogP contribution in [0.25, 0.3) is 23.0 Å². The number of nitro groups is 1. The van der Waals surface area contributed by atoms with Gasteiger partial charge in [-0.05, 0) is 24.6 Å². The number of nitrogens with zero attached hydrogens (tertiary/aromatic N) is 4. The Hall–Kier alpha value is -4.30. The van der Waals surface area contributed by atoms with Gasteiger partial charge < -0.3 is 5.32 Å². The van der Waals surface area contributed by atoms with Crippen LogP contribution in [0.5, 0.6) is 0 Å². The van der Waals surface area contributed by atoms with E-state index in [1.54, 1.807) is 16.9 Å². The molecule has 1 atom stereocenters. The summed E-state index contributed by atoms with van der Waals surface area (Å²) < 4.78 is 24.9. The highest BCUT2D eigenvalue weighted by Gasteiger charge is 2.29. The van der Waals surface area contributed by atoms with Crippen LogP contribution in [0.4, 0.5) is 5.69 Å². The average molecular weight is 478 g/mol. The topological polar surface area (TPSA) is 148 Å². The van der Waals surface area contributed by atoms with Gasteiger partial charge in [0.05, 0.1) is 22.1 Å². The average Bonchev–Trinajstić information content (AvgIpc) is 3.40. The van der Waals surface area contributed by atoms with Gasteiger partial charge in [0.15, 0.2) is 9.84 Å². The number of carbonyl (C=O) groups excluding carboxylic acids is 1. The minimum atomic E-state index is -3.20. The van der Waals surface area contributed by atoms with Crippen LogP contribution in [0, 0.1) is 21.4 Å². The predicted octanol–water partition coefficient (Wildman–Crippen LogP) is 2.66. The third-order valence-electron chi connectivity index (χ3n) is 5.33. The lowest BCUT2D eigenvalue weighted by Crippen LogP contribution is -2.36. The van der Waals surface area contributed by atoms with Crippen LogP contribution >= 0.6 is 0 Å². The molecule has 4 rings (SSSR count). The van der Waals surface area contributed by atoms with E-state index in [0.29, 0.717) is 22.5 Å². The number of rotatable bonds is 6. The quantitative estimate of drug-likeness (QED) is 0.248. The Bertz CT molecular complexity index is 1440. The number of hydrogen-bond acceptors (Lipinski definition) is 7. The summed E-state index contributed by atoms with van der Waals surface area (Å²) in [5.41, 5.74) is 1.54. The summed E-state index contributed by atoms with van der Waals surface area (Å²) in [5.74, 6) is -0.867. The van der Waals surface area contributed by atoms with E-state index in [1.807, 2.05) is 36.4 Å². The van der Waals surface area contributed by atoms with Crippen molar-refractivity contribution in [2.75, 3.05) is 11.5 Å². The lowest BCUT2D eigenvalue weighted by atomic mass is 10.0. The van der Waals surface area contributed by atoms with Crippen LogP contribution in [-0.2, 0) is 14.6 Å². The van der Waals surface area contributed by atoms with Crippen molar-refractivity contribution in [2.45, 2.75) is 12.5 Å². The number of amides is 1. The number of nitro benzene ring substituents is 1. The Morgan fingerprint density at radius 3 is 2.65 bits per heavy atom. The summed E-state index contributed by atoms with van der Waals surface area (Å²) in [6.07, 6.45) is 3.26. The molecule has 1 N–H and O–H groups in total. The van der Waals surface area contributed by atoms with Gasteiger partial charge in [0.2, 0.25) is 0 Å². The maximum Gasteiger partial charge on any atom is 0.270 e. The predicted molar refractivity (Wildman–Crippen MR) is 124 cm³/mol. The minimum Gasteiger partial charge on any atom is -0.348 e. The second-order valence-corrected chi connectivity index (χ2v) is 9.99. The molecular weight excluding hydrogens is 458 g/mol. The molecule has 0 radical (unpaired) electrons. The fraction of sp³-hybridized carbons (Fsp3) is 0.174. The van der Waals surface area contributed by atoms with E-state index < -0.39 is 26.7 Å². The van der Waals surface area contributed by atoms with Crippen molar-refractivity contribution in [3.63, 3.8) is 0 Å². The molecular formula is C23H19N5O5S. The Balaban J connectivity index is 1.74. The van der Waals surface area contributed by atoms with Crippen molar-refractivity contribution in [2.24, 2.45) is 0 Å². The number of nitriles is 1. The Morgan fingerprint density at radius 2 is 2.00 bits per heavy atom. The number of aromatic nitrogens is 2. The van der Waals surface area contributed by atoms with Gasteiger partial charge in [-0.3, -0.25) is 14.9 Å². The molecule has 172 valence electrons. The van der Waals surface area contributed by atoms with Crippen LogP contribution in [0.15, 0.2) is 66.4 Å². The molecule has 0 spiro atoms. The molecule has 2 heterocycles. The molecule has 1 aromatic heterocycles. The lowest BCUT2D eigenvalue weighted by Gasteiger charge is -2.09. The van der Waals surface area contributed by atoms with Gasteiger partial charge >= 0.3 is 0 Å². The SMILES string of the molecule is N#C/C(=C\c1cn(-c2ccccc2)nc1-c1cccc([N+](=O)[O-])c1)C(=O)N[C@@H]1CCS(=O)(=O)C1. The number of carbonyl (C=O) groups is 1. The highest BCUT2D eigenvalue weighted by Crippen LogP contribution is 2.28. The molecule has 0 unspecified atom stereocenters. The molecule has 0 bridgehead atoms. The number of hydrogen-bond donors (Lipinski definition) is 1. The van der Waals surface area contributed by atoms with Crippen LogP contribution in [0.3, 0.4) is 0 Å². The zero-order chi connectivity index (χ0) is 24.3. The largest absolute Gasteiger partial charge is 0.348 e. The number of para-hydroxylation sites is 1. The van der Waals surface area contributed by atoms with Gasteiger partial charge in [0, 0.05) is 35.5 Å². The highest BCUT2D eigenvalue weighted by molar-refractivity contribution is 7.91. The summed E-state index contributed by atoms with van der Waals surface area (Å²) in [7, 11) is -3.20. The number of benzene rings is 2. The van der Waals surface area contributed by atoms with E-state index in [4.69, 9.17) is 0 Å². The molecule has 34 heavy (non-hydrogen) atoms. The molecule has 10 nitrogen and oxygen atoms in total.